The average Bonchev–Trinajstić information content (AvgIpc) is 2.43. The molecule has 0 spiro atoms. The highest BCUT2D eigenvalue weighted by atomic mass is 16.4. The number of carboxylic acids is 1. The van der Waals surface area contributed by atoms with Crippen molar-refractivity contribution in [3.8, 4) is 0 Å². The molecule has 0 aliphatic rings. The zero-order chi connectivity index (χ0) is 16.7. The maximum Gasteiger partial charge on any atom is 0.326 e. The molecule has 0 saturated heterocycles. The molecule has 1 rings (SSSR count). The van der Waals surface area contributed by atoms with Gasteiger partial charge in [0, 0.05) is 13.3 Å². The summed E-state index contributed by atoms with van der Waals surface area (Å²) < 4.78 is 0. The van der Waals surface area contributed by atoms with Gasteiger partial charge in [-0.15, -0.1) is 0 Å². The van der Waals surface area contributed by atoms with Crippen LogP contribution in [0.15, 0.2) is 30.3 Å². The number of carbonyl (C=O) groups is 3. The molecule has 22 heavy (non-hydrogen) atoms. The number of hydrogen-bond donors (Lipinski definition) is 3. The lowest BCUT2D eigenvalue weighted by molar-refractivity contribution is -0.143. The fraction of sp³-hybridized carbons (Fsp3) is 0.438. The van der Waals surface area contributed by atoms with Crippen molar-refractivity contribution >= 4 is 17.8 Å². The Hall–Kier alpha value is -2.37. The standard InChI is InChI=1S/C16H22N2O4/c1-10(2)14(16(21)22)18-15(20)13(17-11(3)19)9-12-7-5-4-6-8-12/h4-8,10,13-14H,9H2,1-3H3,(H,17,19)(H,18,20)(H,21,22)/t13-,14+/m1/s1. The maximum absolute atomic E-state index is 12.3. The minimum Gasteiger partial charge on any atom is -0.480 e. The van der Waals surface area contributed by atoms with Gasteiger partial charge in [-0.3, -0.25) is 9.59 Å². The first-order valence-electron chi connectivity index (χ1n) is 7.15. The van der Waals surface area contributed by atoms with E-state index in [0.29, 0.717) is 6.42 Å². The van der Waals surface area contributed by atoms with Crippen LogP contribution in [-0.2, 0) is 20.8 Å². The summed E-state index contributed by atoms with van der Waals surface area (Å²) in [6, 6.07) is 7.44. The maximum atomic E-state index is 12.3. The van der Waals surface area contributed by atoms with E-state index in [1.54, 1.807) is 13.8 Å². The molecule has 0 heterocycles. The van der Waals surface area contributed by atoms with Gasteiger partial charge in [0.15, 0.2) is 0 Å². The van der Waals surface area contributed by atoms with Gasteiger partial charge in [-0.1, -0.05) is 44.2 Å². The monoisotopic (exact) mass is 306 g/mol. The third-order valence-corrected chi connectivity index (χ3v) is 3.21. The van der Waals surface area contributed by atoms with Gasteiger partial charge in [-0.05, 0) is 11.5 Å². The number of aliphatic carboxylic acids is 1. The Bertz CT molecular complexity index is 528. The van der Waals surface area contributed by atoms with Crippen LogP contribution < -0.4 is 10.6 Å². The Balaban J connectivity index is 2.84. The lowest BCUT2D eigenvalue weighted by atomic mass is 10.0. The molecule has 0 unspecified atom stereocenters. The summed E-state index contributed by atoms with van der Waals surface area (Å²) in [5.41, 5.74) is 0.882. The van der Waals surface area contributed by atoms with E-state index in [4.69, 9.17) is 5.11 Å². The first-order valence-corrected chi connectivity index (χ1v) is 7.15. The summed E-state index contributed by atoms with van der Waals surface area (Å²) in [5.74, 6) is -2.19. The number of hydrogen-bond acceptors (Lipinski definition) is 3. The van der Waals surface area contributed by atoms with Gasteiger partial charge in [0.05, 0.1) is 0 Å². The SMILES string of the molecule is CC(=O)N[C@H](Cc1ccccc1)C(=O)N[C@H](C(=O)O)C(C)C. The van der Waals surface area contributed by atoms with E-state index in [2.05, 4.69) is 10.6 Å². The van der Waals surface area contributed by atoms with E-state index in [9.17, 15) is 14.4 Å². The van der Waals surface area contributed by atoms with Crippen LogP contribution in [-0.4, -0.2) is 35.0 Å². The van der Waals surface area contributed by atoms with Gasteiger partial charge < -0.3 is 15.7 Å². The third kappa shape index (κ3) is 5.55. The Labute approximate surface area is 129 Å². The normalized spacial score (nSPS) is 13.3. The zero-order valence-corrected chi connectivity index (χ0v) is 13.0. The van der Waals surface area contributed by atoms with Crippen molar-refractivity contribution in [2.75, 3.05) is 0 Å². The van der Waals surface area contributed by atoms with Crippen molar-refractivity contribution in [2.45, 2.75) is 39.3 Å². The smallest absolute Gasteiger partial charge is 0.326 e. The predicted octanol–water partition coefficient (Wildman–Crippen LogP) is 0.959. The lowest BCUT2D eigenvalue weighted by Gasteiger charge is -2.23. The van der Waals surface area contributed by atoms with Gasteiger partial charge in [-0.2, -0.15) is 0 Å². The highest BCUT2D eigenvalue weighted by Crippen LogP contribution is 2.06. The number of carboxylic acid groups (broad SMARTS) is 1. The van der Waals surface area contributed by atoms with E-state index < -0.39 is 24.0 Å². The Morgan fingerprint density at radius 3 is 2.14 bits per heavy atom. The quantitative estimate of drug-likeness (QED) is 0.699. The Morgan fingerprint density at radius 2 is 1.68 bits per heavy atom. The molecule has 6 nitrogen and oxygen atoms in total. The van der Waals surface area contributed by atoms with Crippen LogP contribution in [0.25, 0.3) is 0 Å². The number of amides is 2. The second kappa shape index (κ2) is 8.17. The molecule has 0 aromatic heterocycles. The molecule has 6 heteroatoms. The van der Waals surface area contributed by atoms with Crippen LogP contribution in [0.1, 0.15) is 26.3 Å². The number of nitrogens with one attached hydrogen (secondary N) is 2. The second-order valence-electron chi connectivity index (χ2n) is 5.51. The molecule has 2 atom stereocenters. The molecular weight excluding hydrogens is 284 g/mol. The number of benzene rings is 1. The van der Waals surface area contributed by atoms with Crippen LogP contribution >= 0.6 is 0 Å². The molecular formula is C16H22N2O4. The highest BCUT2D eigenvalue weighted by Gasteiger charge is 2.28. The molecule has 0 bridgehead atoms. The van der Waals surface area contributed by atoms with E-state index >= 15 is 0 Å². The van der Waals surface area contributed by atoms with Crippen molar-refractivity contribution in [3.05, 3.63) is 35.9 Å². The van der Waals surface area contributed by atoms with E-state index in [0.717, 1.165) is 5.56 Å². The molecule has 3 N–H and O–H groups in total. The van der Waals surface area contributed by atoms with E-state index in [1.165, 1.54) is 6.92 Å². The first-order chi connectivity index (χ1) is 10.3. The zero-order valence-electron chi connectivity index (χ0n) is 13.0. The summed E-state index contributed by atoms with van der Waals surface area (Å²) in [6.07, 6.45) is 0.302. The van der Waals surface area contributed by atoms with Crippen molar-refractivity contribution in [2.24, 2.45) is 5.92 Å². The fourth-order valence-electron chi connectivity index (χ4n) is 2.07. The van der Waals surface area contributed by atoms with Crippen molar-refractivity contribution in [3.63, 3.8) is 0 Å². The minimum atomic E-state index is -1.09. The summed E-state index contributed by atoms with van der Waals surface area (Å²) in [5, 5.41) is 14.2. The average molecular weight is 306 g/mol. The van der Waals surface area contributed by atoms with Gasteiger partial charge in [0.2, 0.25) is 11.8 Å². The highest BCUT2D eigenvalue weighted by molar-refractivity contribution is 5.90. The predicted molar refractivity (Wildman–Crippen MR) is 82.2 cm³/mol. The summed E-state index contributed by atoms with van der Waals surface area (Å²) in [4.78, 5) is 34.8. The van der Waals surface area contributed by atoms with Crippen LogP contribution in [0.3, 0.4) is 0 Å². The summed E-state index contributed by atoms with van der Waals surface area (Å²) >= 11 is 0. The Morgan fingerprint density at radius 1 is 1.09 bits per heavy atom. The number of carbonyl (C=O) groups excluding carboxylic acids is 2. The van der Waals surface area contributed by atoms with Crippen molar-refractivity contribution in [1.82, 2.24) is 10.6 Å². The van der Waals surface area contributed by atoms with Crippen molar-refractivity contribution < 1.29 is 19.5 Å². The lowest BCUT2D eigenvalue weighted by Crippen LogP contribution is -2.53. The van der Waals surface area contributed by atoms with Crippen LogP contribution in [0.2, 0.25) is 0 Å². The fourth-order valence-corrected chi connectivity index (χ4v) is 2.07. The van der Waals surface area contributed by atoms with E-state index in [-0.39, 0.29) is 11.8 Å². The molecule has 120 valence electrons. The van der Waals surface area contributed by atoms with Crippen LogP contribution in [0.5, 0.6) is 0 Å². The first kappa shape index (κ1) is 17.7. The molecule has 1 aromatic rings. The van der Waals surface area contributed by atoms with Gasteiger partial charge in [-0.25, -0.2) is 4.79 Å². The topological polar surface area (TPSA) is 95.5 Å². The van der Waals surface area contributed by atoms with Gasteiger partial charge in [0.1, 0.15) is 12.1 Å². The van der Waals surface area contributed by atoms with Crippen LogP contribution in [0.4, 0.5) is 0 Å². The van der Waals surface area contributed by atoms with Crippen molar-refractivity contribution in [1.29, 1.82) is 0 Å². The van der Waals surface area contributed by atoms with E-state index in [1.807, 2.05) is 30.3 Å². The van der Waals surface area contributed by atoms with Crippen LogP contribution in [0, 0.1) is 5.92 Å². The molecule has 0 radical (unpaired) electrons. The number of rotatable bonds is 7. The second-order valence-corrected chi connectivity index (χ2v) is 5.51. The third-order valence-electron chi connectivity index (χ3n) is 3.21. The molecule has 0 saturated carbocycles. The minimum absolute atomic E-state index is 0.254. The largest absolute Gasteiger partial charge is 0.480 e. The summed E-state index contributed by atoms with van der Waals surface area (Å²) in [6.45, 7) is 4.75. The summed E-state index contributed by atoms with van der Waals surface area (Å²) in [7, 11) is 0. The molecule has 2 amide bonds. The Kier molecular flexibility index (Phi) is 6.56. The van der Waals surface area contributed by atoms with Gasteiger partial charge >= 0.3 is 5.97 Å². The molecule has 0 aliphatic heterocycles. The van der Waals surface area contributed by atoms with Gasteiger partial charge in [0.25, 0.3) is 0 Å². The molecule has 0 aliphatic carbocycles. The molecule has 0 fully saturated rings. The molecule has 1 aromatic carbocycles.